The molecular formula is C15H11IrN2O-. The zero-order chi connectivity index (χ0) is 12.4. The van der Waals surface area contributed by atoms with Gasteiger partial charge >= 0.3 is 0 Å². The van der Waals surface area contributed by atoms with Crippen molar-refractivity contribution in [2.75, 3.05) is 0 Å². The van der Waals surface area contributed by atoms with Crippen LogP contribution in [0.3, 0.4) is 0 Å². The molecule has 3 nitrogen and oxygen atoms in total. The monoisotopic (exact) mass is 428 g/mol. The molecule has 0 spiro atoms. The fourth-order valence-electron chi connectivity index (χ4n) is 1.95. The van der Waals surface area contributed by atoms with Crippen molar-refractivity contribution in [2.24, 2.45) is 0 Å². The van der Waals surface area contributed by atoms with E-state index in [0.717, 1.165) is 16.0 Å². The third kappa shape index (κ3) is 2.60. The second-order valence-corrected chi connectivity index (χ2v) is 3.93. The molecule has 3 rings (SSSR count). The van der Waals surface area contributed by atoms with Crippen LogP contribution in [-0.4, -0.2) is 4.57 Å². The van der Waals surface area contributed by atoms with Crippen molar-refractivity contribution in [1.29, 1.82) is 0 Å². The molecule has 4 heteroatoms. The molecule has 0 fully saturated rings. The summed E-state index contributed by atoms with van der Waals surface area (Å²) in [5.41, 5.74) is 1.74. The molecular weight excluding hydrogens is 416 g/mol. The van der Waals surface area contributed by atoms with E-state index in [-0.39, 0.29) is 20.1 Å². The van der Waals surface area contributed by atoms with Crippen LogP contribution in [-0.2, 0) is 20.1 Å². The summed E-state index contributed by atoms with van der Waals surface area (Å²) in [4.78, 5) is 0. The summed E-state index contributed by atoms with van der Waals surface area (Å²) in [5, 5.41) is 11.9. The fraction of sp³-hybridized carbons (Fsp3) is 0. The third-order valence-corrected chi connectivity index (χ3v) is 2.77. The number of nitrogens with zero attached hydrogens (tertiary/aromatic N) is 2. The summed E-state index contributed by atoms with van der Waals surface area (Å²) in [6, 6.07) is 20.3. The van der Waals surface area contributed by atoms with Crippen molar-refractivity contribution >= 4 is 0 Å². The van der Waals surface area contributed by atoms with Crippen LogP contribution < -0.4 is 4.73 Å². The number of para-hydroxylation sites is 1. The van der Waals surface area contributed by atoms with Gasteiger partial charge in [0.2, 0.25) is 5.82 Å². The largest absolute Gasteiger partial charge is 0.719 e. The molecule has 19 heavy (non-hydrogen) atoms. The van der Waals surface area contributed by atoms with Crippen LogP contribution in [0.5, 0.6) is 0 Å². The van der Waals surface area contributed by atoms with Gasteiger partial charge in [0.1, 0.15) is 18.1 Å². The van der Waals surface area contributed by atoms with Crippen LogP contribution in [0.15, 0.2) is 67.0 Å². The van der Waals surface area contributed by atoms with E-state index in [1.165, 1.54) is 6.20 Å². The van der Waals surface area contributed by atoms with E-state index in [1.54, 1.807) is 12.3 Å². The molecule has 3 aromatic rings. The number of rotatable bonds is 2. The Bertz CT molecular complexity index is 650. The van der Waals surface area contributed by atoms with Crippen LogP contribution in [0.4, 0.5) is 0 Å². The first-order chi connectivity index (χ1) is 8.86. The normalized spacial score (nSPS) is 9.89. The van der Waals surface area contributed by atoms with E-state index in [0.29, 0.717) is 5.82 Å². The summed E-state index contributed by atoms with van der Waals surface area (Å²) in [6.07, 6.45) is 3.27. The van der Waals surface area contributed by atoms with E-state index in [1.807, 2.05) is 53.1 Å². The zero-order valence-electron chi connectivity index (χ0n) is 9.99. The molecule has 1 aromatic heterocycles. The second-order valence-electron chi connectivity index (χ2n) is 3.93. The molecule has 0 saturated heterocycles. The Kier molecular flexibility index (Phi) is 4.15. The number of hydrogen-bond acceptors (Lipinski definition) is 1. The van der Waals surface area contributed by atoms with E-state index >= 15 is 0 Å². The molecule has 97 valence electrons. The number of imidazole rings is 1. The van der Waals surface area contributed by atoms with Gasteiger partial charge in [-0.15, -0.1) is 30.3 Å². The maximum absolute atomic E-state index is 11.9. The summed E-state index contributed by atoms with van der Waals surface area (Å²) in [6.45, 7) is 0. The first-order valence-electron chi connectivity index (χ1n) is 5.69. The predicted molar refractivity (Wildman–Crippen MR) is 69.0 cm³/mol. The Morgan fingerprint density at radius 3 is 2.42 bits per heavy atom. The molecule has 0 unspecified atom stereocenters. The van der Waals surface area contributed by atoms with Crippen LogP contribution in [0.2, 0.25) is 0 Å². The third-order valence-electron chi connectivity index (χ3n) is 2.77. The molecule has 0 atom stereocenters. The fourth-order valence-corrected chi connectivity index (χ4v) is 1.95. The smallest absolute Gasteiger partial charge is 0.215 e. The molecule has 1 radical (unpaired) electrons. The topological polar surface area (TPSA) is 31.9 Å². The van der Waals surface area contributed by atoms with Crippen molar-refractivity contribution in [1.82, 2.24) is 4.57 Å². The van der Waals surface area contributed by atoms with E-state index < -0.39 is 0 Å². The van der Waals surface area contributed by atoms with Crippen molar-refractivity contribution < 1.29 is 24.8 Å². The van der Waals surface area contributed by atoms with Gasteiger partial charge in [0, 0.05) is 20.1 Å². The van der Waals surface area contributed by atoms with Crippen LogP contribution in [0, 0.1) is 11.3 Å². The standard InChI is InChI=1S/C15H11N2O.Ir/c18-17-12-11-16(14-9-5-2-6-10-14)15(17)13-7-3-1-4-8-13;/h1-7,9-12H;/q-1;. The van der Waals surface area contributed by atoms with Gasteiger partial charge in [0.15, 0.2) is 0 Å². The average molecular weight is 427 g/mol. The Morgan fingerprint density at radius 1 is 1.00 bits per heavy atom. The average Bonchev–Trinajstić information content (AvgIpc) is 2.83. The van der Waals surface area contributed by atoms with E-state index in [2.05, 4.69) is 6.07 Å². The summed E-state index contributed by atoms with van der Waals surface area (Å²) in [7, 11) is 0. The summed E-state index contributed by atoms with van der Waals surface area (Å²) < 4.78 is 2.72. The minimum Gasteiger partial charge on any atom is -0.719 e. The molecule has 0 aliphatic carbocycles. The molecule has 0 N–H and O–H groups in total. The second kappa shape index (κ2) is 5.83. The van der Waals surface area contributed by atoms with E-state index in [4.69, 9.17) is 0 Å². The minimum atomic E-state index is 0. The maximum Gasteiger partial charge on any atom is 0.215 e. The van der Waals surface area contributed by atoms with Gasteiger partial charge in [-0.25, -0.2) is 4.57 Å². The Morgan fingerprint density at radius 2 is 1.74 bits per heavy atom. The van der Waals surface area contributed by atoms with Gasteiger partial charge in [0.25, 0.3) is 0 Å². The van der Waals surface area contributed by atoms with Crippen molar-refractivity contribution in [3.8, 4) is 17.1 Å². The first-order valence-corrected chi connectivity index (χ1v) is 5.69. The molecule has 0 aliphatic heterocycles. The number of hydrogen-bond donors (Lipinski definition) is 0. The van der Waals surface area contributed by atoms with Gasteiger partial charge in [0.05, 0.1) is 0 Å². The first kappa shape index (κ1) is 13.5. The summed E-state index contributed by atoms with van der Waals surface area (Å²) >= 11 is 0. The molecule has 0 saturated carbocycles. The van der Waals surface area contributed by atoms with Gasteiger partial charge in [-0.3, -0.25) is 4.73 Å². The van der Waals surface area contributed by atoms with Gasteiger partial charge < -0.3 is 5.21 Å². The van der Waals surface area contributed by atoms with Gasteiger partial charge in [-0.1, -0.05) is 23.8 Å². The molecule has 0 aliphatic rings. The molecule has 0 amide bonds. The molecule has 1 heterocycles. The van der Waals surface area contributed by atoms with Crippen LogP contribution in [0.1, 0.15) is 0 Å². The van der Waals surface area contributed by atoms with E-state index in [9.17, 15) is 5.21 Å². The Balaban J connectivity index is 0.00000133. The van der Waals surface area contributed by atoms with Crippen LogP contribution >= 0.6 is 0 Å². The minimum absolute atomic E-state index is 0. The Hall–Kier alpha value is -1.90. The zero-order valence-corrected chi connectivity index (χ0v) is 12.4. The molecule has 2 aromatic carbocycles. The van der Waals surface area contributed by atoms with Crippen molar-refractivity contribution in [3.63, 3.8) is 0 Å². The summed E-state index contributed by atoms with van der Waals surface area (Å²) in [5.74, 6) is 0.571. The quantitative estimate of drug-likeness (QED) is 0.352. The van der Waals surface area contributed by atoms with Crippen molar-refractivity contribution in [3.05, 3.63) is 78.3 Å². The van der Waals surface area contributed by atoms with Gasteiger partial charge in [-0.2, -0.15) is 0 Å². The molecule has 0 bridgehead atoms. The number of benzene rings is 2. The number of aromatic nitrogens is 2. The SMILES string of the molecule is [Ir].[O-][n+]1ccn(-c2ccccc2)c1-c1[c-]cccc1. The van der Waals surface area contributed by atoms with Gasteiger partial charge in [-0.05, 0) is 12.1 Å². The Labute approximate surface area is 125 Å². The van der Waals surface area contributed by atoms with Crippen molar-refractivity contribution in [2.45, 2.75) is 0 Å². The van der Waals surface area contributed by atoms with Crippen LogP contribution in [0.25, 0.3) is 17.1 Å². The maximum atomic E-state index is 11.9. The predicted octanol–water partition coefficient (Wildman–Crippen LogP) is 2.58.